The molecule has 0 bridgehead atoms. The maximum atomic E-state index is 13.6. The molecule has 0 saturated carbocycles. The van der Waals surface area contributed by atoms with Crippen LogP contribution in [-0.2, 0) is 17.4 Å². The largest absolute Gasteiger partial charge is 0.494 e. The monoisotopic (exact) mass is 587 g/mol. The number of carbonyl (C=O) groups is 2. The Morgan fingerprint density at radius 2 is 1.78 bits per heavy atom. The third-order valence-corrected chi connectivity index (χ3v) is 7.34. The summed E-state index contributed by atoms with van der Waals surface area (Å²) >= 11 is 0.801. The van der Waals surface area contributed by atoms with Crippen molar-refractivity contribution in [3.8, 4) is 17.3 Å². The van der Waals surface area contributed by atoms with Crippen LogP contribution in [0.2, 0.25) is 0 Å². The number of oxazole rings is 1. The van der Waals surface area contributed by atoms with Crippen molar-refractivity contribution in [2.75, 3.05) is 36.4 Å². The lowest BCUT2D eigenvalue weighted by Gasteiger charge is -2.24. The highest BCUT2D eigenvalue weighted by molar-refractivity contribution is 7.09. The number of aromatic hydroxyl groups is 1. The molecule has 14 heteroatoms. The van der Waals surface area contributed by atoms with E-state index in [-0.39, 0.29) is 29.8 Å². The van der Waals surface area contributed by atoms with Gasteiger partial charge in [-0.05, 0) is 42.8 Å². The van der Waals surface area contributed by atoms with Crippen LogP contribution in [0.25, 0.3) is 11.5 Å². The van der Waals surface area contributed by atoms with Gasteiger partial charge in [0.15, 0.2) is 5.69 Å². The number of hydrogen-bond acceptors (Lipinski definition) is 8. The number of nitrogens with one attached hydrogen (secondary N) is 2. The van der Waals surface area contributed by atoms with E-state index in [4.69, 9.17) is 4.42 Å². The molecule has 1 aliphatic heterocycles. The first kappa shape index (κ1) is 28.0. The van der Waals surface area contributed by atoms with Gasteiger partial charge in [-0.1, -0.05) is 29.5 Å². The molecule has 10 nitrogen and oxygen atoms in total. The summed E-state index contributed by atoms with van der Waals surface area (Å²) in [6.45, 7) is 2.10. The molecule has 0 spiro atoms. The molecule has 41 heavy (non-hydrogen) atoms. The van der Waals surface area contributed by atoms with Gasteiger partial charge in [0.25, 0.3) is 5.91 Å². The minimum Gasteiger partial charge on any atom is -0.494 e. The van der Waals surface area contributed by atoms with Crippen LogP contribution in [0.3, 0.4) is 0 Å². The zero-order chi connectivity index (χ0) is 29.1. The molecule has 5 rings (SSSR count). The maximum Gasteiger partial charge on any atom is 0.452 e. The van der Waals surface area contributed by atoms with Gasteiger partial charge >= 0.3 is 11.0 Å². The Labute approximate surface area is 235 Å². The van der Waals surface area contributed by atoms with Crippen molar-refractivity contribution in [1.82, 2.24) is 14.9 Å². The number of alkyl halides is 3. The number of benzene rings is 2. The molecule has 0 aliphatic carbocycles. The predicted molar refractivity (Wildman–Crippen MR) is 145 cm³/mol. The average Bonchev–Trinajstić information content (AvgIpc) is 3.44. The number of amides is 2. The second-order valence-electron chi connectivity index (χ2n) is 9.25. The van der Waals surface area contributed by atoms with Gasteiger partial charge in [0.2, 0.25) is 23.4 Å². The van der Waals surface area contributed by atoms with Crippen LogP contribution in [-0.4, -0.2) is 58.0 Å². The van der Waals surface area contributed by atoms with Gasteiger partial charge in [-0.2, -0.15) is 13.2 Å². The van der Waals surface area contributed by atoms with Crippen LogP contribution in [0.4, 0.5) is 24.5 Å². The lowest BCUT2D eigenvalue weighted by Crippen LogP contribution is -2.36. The highest BCUT2D eigenvalue weighted by Gasteiger charge is 2.42. The Morgan fingerprint density at radius 1 is 1.05 bits per heavy atom. The molecule has 214 valence electrons. The number of hydrogen-bond donors (Lipinski definition) is 3. The molecule has 1 saturated heterocycles. The summed E-state index contributed by atoms with van der Waals surface area (Å²) in [7, 11) is 0. The third kappa shape index (κ3) is 6.43. The Hall–Kier alpha value is -4.59. The van der Waals surface area contributed by atoms with Crippen molar-refractivity contribution in [3.05, 3.63) is 80.6 Å². The van der Waals surface area contributed by atoms with Crippen LogP contribution in [0.5, 0.6) is 5.88 Å². The first-order chi connectivity index (χ1) is 19.6. The van der Waals surface area contributed by atoms with E-state index in [1.807, 2.05) is 0 Å². The molecular formula is C27H24F3N5O5S. The van der Waals surface area contributed by atoms with Crippen LogP contribution < -0.4 is 15.1 Å². The fourth-order valence-electron chi connectivity index (χ4n) is 4.46. The van der Waals surface area contributed by atoms with Crippen molar-refractivity contribution in [3.63, 3.8) is 0 Å². The topological polar surface area (TPSA) is 132 Å². The summed E-state index contributed by atoms with van der Waals surface area (Å²) in [6.07, 6.45) is -4.31. The first-order valence-electron chi connectivity index (χ1n) is 12.6. The normalized spacial score (nSPS) is 14.1. The molecule has 2 aromatic heterocycles. The molecule has 0 atom stereocenters. The van der Waals surface area contributed by atoms with E-state index in [1.54, 1.807) is 47.4 Å². The molecule has 2 aromatic carbocycles. The first-order valence-corrected chi connectivity index (χ1v) is 13.4. The van der Waals surface area contributed by atoms with Gasteiger partial charge in [-0.15, -0.1) is 0 Å². The van der Waals surface area contributed by atoms with Crippen molar-refractivity contribution in [2.24, 2.45) is 0 Å². The van der Waals surface area contributed by atoms with Crippen molar-refractivity contribution in [2.45, 2.75) is 19.0 Å². The summed E-state index contributed by atoms with van der Waals surface area (Å²) in [5, 5.41) is 12.2. The van der Waals surface area contributed by atoms with E-state index >= 15 is 0 Å². The van der Waals surface area contributed by atoms with Crippen molar-refractivity contribution < 1.29 is 32.3 Å². The molecule has 3 heterocycles. The van der Waals surface area contributed by atoms with Gasteiger partial charge < -0.3 is 24.6 Å². The summed E-state index contributed by atoms with van der Waals surface area (Å²) in [5.74, 6) is -3.33. The molecule has 0 unspecified atom stereocenters. The Bertz CT molecular complexity index is 1600. The van der Waals surface area contributed by atoms with E-state index < -0.39 is 28.4 Å². The summed E-state index contributed by atoms with van der Waals surface area (Å²) in [4.78, 5) is 46.6. The number of nitrogens with zero attached hydrogens (tertiary/aromatic N) is 3. The van der Waals surface area contributed by atoms with Crippen LogP contribution in [0, 0.1) is 0 Å². The number of aromatic amines is 1. The lowest BCUT2D eigenvalue weighted by atomic mass is 10.2. The minimum atomic E-state index is -4.92. The standard InChI is InChI=1S/C27H24F3N5O5S/c28-27(29,30)22-21(32-25(40-22)16-5-2-1-3-6-16)24(38)31-17-7-9-18(10-8-17)34-11-4-12-35(14-13-34)20(36)15-19-23(37)33-26(39)41-19/h1-3,5-10,37H,4,11-15H2,(H,31,38)(H,33,39). The zero-order valence-electron chi connectivity index (χ0n) is 21.4. The van der Waals surface area contributed by atoms with E-state index in [0.29, 0.717) is 43.0 Å². The maximum absolute atomic E-state index is 13.6. The third-order valence-electron chi connectivity index (χ3n) is 6.47. The summed E-state index contributed by atoms with van der Waals surface area (Å²) in [5.41, 5.74) is 0.521. The quantitative estimate of drug-likeness (QED) is 0.306. The van der Waals surface area contributed by atoms with Crippen LogP contribution >= 0.6 is 11.3 Å². The number of thiazole rings is 1. The van der Waals surface area contributed by atoms with Crippen molar-refractivity contribution in [1.29, 1.82) is 0 Å². The van der Waals surface area contributed by atoms with Gasteiger partial charge in [0.1, 0.15) is 0 Å². The zero-order valence-corrected chi connectivity index (χ0v) is 22.2. The Balaban J connectivity index is 1.23. The van der Waals surface area contributed by atoms with Gasteiger partial charge in [0.05, 0.1) is 11.3 Å². The number of anilines is 2. The molecule has 1 fully saturated rings. The van der Waals surface area contributed by atoms with Crippen LogP contribution in [0.1, 0.15) is 27.5 Å². The number of H-pyrrole nitrogens is 1. The fraction of sp³-hybridized carbons (Fsp3) is 0.259. The highest BCUT2D eigenvalue weighted by atomic mass is 32.1. The van der Waals surface area contributed by atoms with Gasteiger partial charge in [-0.3, -0.25) is 19.4 Å². The molecule has 3 N–H and O–H groups in total. The Kier molecular flexibility index (Phi) is 7.83. The minimum absolute atomic E-state index is 0.0714. The van der Waals surface area contributed by atoms with E-state index in [0.717, 1.165) is 17.0 Å². The summed E-state index contributed by atoms with van der Waals surface area (Å²) < 4.78 is 45.8. The summed E-state index contributed by atoms with van der Waals surface area (Å²) in [6, 6.07) is 14.6. The second kappa shape index (κ2) is 11.5. The van der Waals surface area contributed by atoms with Crippen LogP contribution in [0.15, 0.2) is 63.8 Å². The molecule has 4 aromatic rings. The number of halogens is 3. The highest BCUT2D eigenvalue weighted by Crippen LogP contribution is 2.35. The number of rotatable bonds is 6. The van der Waals surface area contributed by atoms with Crippen molar-refractivity contribution >= 4 is 34.5 Å². The number of aromatic nitrogens is 2. The second-order valence-corrected chi connectivity index (χ2v) is 10.3. The van der Waals surface area contributed by atoms with Gasteiger partial charge in [-0.25, -0.2) is 4.98 Å². The number of carbonyl (C=O) groups excluding carboxylic acids is 2. The van der Waals surface area contributed by atoms with Gasteiger partial charge in [0, 0.05) is 43.1 Å². The Morgan fingerprint density at radius 3 is 2.44 bits per heavy atom. The lowest BCUT2D eigenvalue weighted by molar-refractivity contribution is -0.153. The SMILES string of the molecule is O=C(Nc1ccc(N2CCCN(C(=O)Cc3sc(=O)[nH]c3O)CC2)cc1)c1nc(-c2ccccc2)oc1C(F)(F)F. The fourth-order valence-corrected chi connectivity index (χ4v) is 5.18. The van der Waals surface area contributed by atoms with E-state index in [9.17, 15) is 32.7 Å². The van der Waals surface area contributed by atoms with E-state index in [2.05, 4.69) is 20.2 Å². The molecular weight excluding hydrogens is 563 g/mol. The molecule has 1 aliphatic rings. The predicted octanol–water partition coefficient (Wildman–Crippen LogP) is 4.35. The molecule has 0 radical (unpaired) electrons. The average molecular weight is 588 g/mol. The smallest absolute Gasteiger partial charge is 0.452 e. The molecule has 2 amide bonds. The van der Waals surface area contributed by atoms with E-state index in [1.165, 1.54) is 12.1 Å².